The van der Waals surface area contributed by atoms with Crippen LogP contribution in [0, 0.1) is 18.7 Å². The van der Waals surface area contributed by atoms with E-state index in [1.165, 1.54) is 18.4 Å². The summed E-state index contributed by atoms with van der Waals surface area (Å²) in [5, 5.41) is 0. The molecule has 19 heavy (non-hydrogen) atoms. The minimum Gasteiger partial charge on any atom is -0.330 e. The third-order valence-corrected chi connectivity index (χ3v) is 4.28. The zero-order valence-corrected chi connectivity index (χ0v) is 12.2. The van der Waals surface area contributed by atoms with E-state index < -0.39 is 0 Å². The van der Waals surface area contributed by atoms with Crippen LogP contribution in [0.2, 0.25) is 0 Å². The third-order valence-electron chi connectivity index (χ3n) is 4.28. The maximum Gasteiger partial charge on any atom is 0.126 e. The van der Waals surface area contributed by atoms with Gasteiger partial charge in [0, 0.05) is 12.1 Å². The summed E-state index contributed by atoms with van der Waals surface area (Å²) in [5.41, 5.74) is 7.90. The van der Waals surface area contributed by atoms with Gasteiger partial charge in [-0.15, -0.1) is 0 Å². The standard InChI is InChI=1S/C16H25FN2/c1-11(2)19-8-4-5-14(10-18)16(19)13-6-7-15(17)12(3)9-13/h6-7,9,11,14,16H,4-5,8,10,18H2,1-3H3. The van der Waals surface area contributed by atoms with Crippen molar-refractivity contribution < 1.29 is 4.39 Å². The molecule has 3 heteroatoms. The lowest BCUT2D eigenvalue weighted by atomic mass is 9.83. The molecule has 2 unspecified atom stereocenters. The van der Waals surface area contributed by atoms with Crippen LogP contribution in [-0.2, 0) is 0 Å². The van der Waals surface area contributed by atoms with Gasteiger partial charge in [0.15, 0.2) is 0 Å². The van der Waals surface area contributed by atoms with Crippen molar-refractivity contribution in [3.05, 3.63) is 35.1 Å². The Morgan fingerprint density at radius 1 is 1.42 bits per heavy atom. The monoisotopic (exact) mass is 264 g/mol. The number of likely N-dealkylation sites (tertiary alicyclic amines) is 1. The van der Waals surface area contributed by atoms with Crippen molar-refractivity contribution in [1.82, 2.24) is 4.90 Å². The molecular weight excluding hydrogens is 239 g/mol. The second-order valence-corrected chi connectivity index (χ2v) is 5.92. The van der Waals surface area contributed by atoms with E-state index in [4.69, 9.17) is 5.73 Å². The highest BCUT2D eigenvalue weighted by atomic mass is 19.1. The summed E-state index contributed by atoms with van der Waals surface area (Å²) in [5.74, 6) is 0.348. The van der Waals surface area contributed by atoms with Crippen LogP contribution in [0.25, 0.3) is 0 Å². The smallest absolute Gasteiger partial charge is 0.126 e. The Balaban J connectivity index is 2.36. The van der Waals surface area contributed by atoms with Gasteiger partial charge in [-0.3, -0.25) is 4.90 Å². The molecule has 0 aromatic heterocycles. The van der Waals surface area contributed by atoms with E-state index in [0.717, 1.165) is 12.1 Å². The highest BCUT2D eigenvalue weighted by Gasteiger charge is 2.33. The normalized spacial score (nSPS) is 24.9. The van der Waals surface area contributed by atoms with E-state index in [9.17, 15) is 4.39 Å². The molecule has 1 aliphatic rings. The number of aryl methyl sites for hydroxylation is 1. The Bertz CT molecular complexity index is 431. The lowest BCUT2D eigenvalue weighted by Crippen LogP contribution is -2.45. The van der Waals surface area contributed by atoms with Crippen LogP contribution >= 0.6 is 0 Å². The van der Waals surface area contributed by atoms with Crippen LogP contribution in [-0.4, -0.2) is 24.0 Å². The molecule has 1 heterocycles. The third kappa shape index (κ3) is 2.98. The van der Waals surface area contributed by atoms with Gasteiger partial charge in [0.25, 0.3) is 0 Å². The van der Waals surface area contributed by atoms with E-state index in [0.29, 0.717) is 24.5 Å². The molecule has 2 atom stereocenters. The first-order valence-electron chi connectivity index (χ1n) is 7.26. The second kappa shape index (κ2) is 6.02. The number of hydrogen-bond acceptors (Lipinski definition) is 2. The lowest BCUT2D eigenvalue weighted by Gasteiger charge is -2.43. The quantitative estimate of drug-likeness (QED) is 0.908. The first-order valence-corrected chi connectivity index (χ1v) is 7.26. The summed E-state index contributed by atoms with van der Waals surface area (Å²) in [6.07, 6.45) is 2.37. The average Bonchev–Trinajstić information content (AvgIpc) is 2.41. The molecule has 2 nitrogen and oxygen atoms in total. The number of rotatable bonds is 3. The average molecular weight is 264 g/mol. The van der Waals surface area contributed by atoms with Crippen molar-refractivity contribution in [3.63, 3.8) is 0 Å². The van der Waals surface area contributed by atoms with Crippen LogP contribution < -0.4 is 5.73 Å². The van der Waals surface area contributed by atoms with E-state index in [1.807, 2.05) is 19.1 Å². The van der Waals surface area contributed by atoms with Crippen LogP contribution in [0.4, 0.5) is 4.39 Å². The summed E-state index contributed by atoms with van der Waals surface area (Å²) in [6, 6.07) is 6.33. The summed E-state index contributed by atoms with van der Waals surface area (Å²) in [7, 11) is 0. The van der Waals surface area contributed by atoms with Crippen molar-refractivity contribution in [2.24, 2.45) is 11.7 Å². The molecule has 1 saturated heterocycles. The number of nitrogens with zero attached hydrogens (tertiary/aromatic N) is 1. The van der Waals surface area contributed by atoms with Gasteiger partial charge in [-0.1, -0.05) is 12.1 Å². The van der Waals surface area contributed by atoms with Crippen molar-refractivity contribution in [2.45, 2.75) is 45.7 Å². The van der Waals surface area contributed by atoms with E-state index in [1.54, 1.807) is 6.07 Å². The molecule has 0 saturated carbocycles. The number of benzene rings is 1. The molecule has 0 radical (unpaired) electrons. The molecule has 1 fully saturated rings. The Hall–Kier alpha value is -0.930. The van der Waals surface area contributed by atoms with Gasteiger partial charge >= 0.3 is 0 Å². The summed E-state index contributed by atoms with van der Waals surface area (Å²) in [4.78, 5) is 2.51. The molecule has 1 aliphatic heterocycles. The van der Waals surface area contributed by atoms with Gasteiger partial charge in [0.05, 0.1) is 0 Å². The van der Waals surface area contributed by atoms with Gasteiger partial charge in [0.1, 0.15) is 5.82 Å². The van der Waals surface area contributed by atoms with Crippen LogP contribution in [0.15, 0.2) is 18.2 Å². The van der Waals surface area contributed by atoms with Crippen LogP contribution in [0.3, 0.4) is 0 Å². The fourth-order valence-electron chi connectivity index (χ4n) is 3.25. The highest BCUT2D eigenvalue weighted by Crippen LogP contribution is 2.37. The predicted molar refractivity (Wildman–Crippen MR) is 77.5 cm³/mol. The van der Waals surface area contributed by atoms with E-state index in [2.05, 4.69) is 18.7 Å². The minimum absolute atomic E-state index is 0.125. The number of halogens is 1. The van der Waals surface area contributed by atoms with Crippen molar-refractivity contribution in [1.29, 1.82) is 0 Å². The molecular formula is C16H25FN2. The van der Waals surface area contributed by atoms with Crippen molar-refractivity contribution in [3.8, 4) is 0 Å². The first-order chi connectivity index (χ1) is 9.04. The Kier molecular flexibility index (Phi) is 4.58. The molecule has 106 valence electrons. The van der Waals surface area contributed by atoms with Crippen molar-refractivity contribution in [2.75, 3.05) is 13.1 Å². The van der Waals surface area contributed by atoms with Gasteiger partial charge in [0.2, 0.25) is 0 Å². The van der Waals surface area contributed by atoms with Gasteiger partial charge < -0.3 is 5.73 Å². The van der Waals surface area contributed by atoms with Gasteiger partial charge in [-0.2, -0.15) is 0 Å². The fourth-order valence-corrected chi connectivity index (χ4v) is 3.25. The Labute approximate surface area is 115 Å². The number of hydrogen-bond donors (Lipinski definition) is 1. The van der Waals surface area contributed by atoms with Crippen LogP contribution in [0.1, 0.15) is 43.9 Å². The fraction of sp³-hybridized carbons (Fsp3) is 0.625. The molecule has 0 aliphatic carbocycles. The van der Waals surface area contributed by atoms with Crippen molar-refractivity contribution >= 4 is 0 Å². The maximum absolute atomic E-state index is 13.5. The number of nitrogens with two attached hydrogens (primary N) is 1. The summed E-state index contributed by atoms with van der Waals surface area (Å²) < 4.78 is 13.5. The summed E-state index contributed by atoms with van der Waals surface area (Å²) >= 11 is 0. The molecule has 1 aromatic carbocycles. The molecule has 0 amide bonds. The Morgan fingerprint density at radius 3 is 2.74 bits per heavy atom. The molecule has 0 bridgehead atoms. The molecule has 2 N–H and O–H groups in total. The zero-order valence-electron chi connectivity index (χ0n) is 12.2. The largest absolute Gasteiger partial charge is 0.330 e. The maximum atomic E-state index is 13.5. The SMILES string of the molecule is Cc1cc(C2C(CN)CCCN2C(C)C)ccc1F. The second-order valence-electron chi connectivity index (χ2n) is 5.92. The predicted octanol–water partition coefficient (Wildman–Crippen LogP) is 3.25. The number of piperidine rings is 1. The van der Waals surface area contributed by atoms with E-state index in [-0.39, 0.29) is 5.82 Å². The minimum atomic E-state index is -0.125. The lowest BCUT2D eigenvalue weighted by molar-refractivity contribution is 0.0665. The molecule has 1 aromatic rings. The van der Waals surface area contributed by atoms with E-state index >= 15 is 0 Å². The van der Waals surface area contributed by atoms with Crippen LogP contribution in [0.5, 0.6) is 0 Å². The summed E-state index contributed by atoms with van der Waals surface area (Å²) in [6.45, 7) is 8.09. The van der Waals surface area contributed by atoms with Gasteiger partial charge in [-0.25, -0.2) is 4.39 Å². The first kappa shape index (κ1) is 14.5. The van der Waals surface area contributed by atoms with Gasteiger partial charge in [-0.05, 0) is 69.8 Å². The topological polar surface area (TPSA) is 29.3 Å². The molecule has 0 spiro atoms. The molecule has 2 rings (SSSR count). The Morgan fingerprint density at radius 2 is 2.16 bits per heavy atom. The zero-order chi connectivity index (χ0) is 14.0. The highest BCUT2D eigenvalue weighted by molar-refractivity contribution is 5.27.